The standard InChI is InChI=1S/C25H22N2O2.C23H16N2S2.C22H15NO4.C22H18O2S.C21H16O/c28-24(22-16-8-3-9-17-22)27-23(18-10-15-20-11-4-1-5-12-20)25(29)26-19-21-13-6-2-7-14-21;1-15-10-12-16(13-11-15)14-17(22-24-18-6-2-4-8-20(18)26-22)23-25-19-7-3-5-9-21(19)27-23;24-21(16-9-3-1-4-10-16)19(22(25)17-11-5-2-6-12-17)15-18-13-7-8-14-20(18)23(26)27;23-21-9-5-4-8-19(21)14-20(25)15-22(24)18-12-10-17(11-13-18)16-6-2-1-3-7-16;1-22-16-12-10-15(11-13-16)14-21-19-8-4-2-6-17(19)18-7-3-5-9-20(18)21/h1-18H,19H2,(H,26,29)(H,27,28);2-14H,1H3;1-15H;1-13,23H,14-15H2;2-14H,1H3/b15-10-,23-18-;;;;. The molecule has 0 atom stereocenters. The highest BCUT2D eigenvalue weighted by Gasteiger charge is 2.26. The van der Waals surface area contributed by atoms with Gasteiger partial charge in [-0.05, 0) is 159 Å². The molecule has 14 nitrogen and oxygen atoms in total. The number of nitro benzene ring substituents is 1. The first-order chi connectivity index (χ1) is 63.6. The molecule has 0 saturated carbocycles. The molecule has 0 unspecified atom stereocenters. The number of nitrogens with one attached hydrogen (secondary N) is 2. The third-order valence-electron chi connectivity index (χ3n) is 20.8. The van der Waals surface area contributed by atoms with E-state index in [1.165, 1.54) is 72.6 Å². The Morgan fingerprint density at radius 3 is 1.48 bits per heavy atom. The van der Waals surface area contributed by atoms with Crippen LogP contribution in [0.5, 0.6) is 11.5 Å². The maximum Gasteiger partial charge on any atom is 0.276 e. The maximum atomic E-state index is 13.0. The van der Waals surface area contributed by atoms with Crippen LogP contribution in [0.3, 0.4) is 0 Å². The zero-order valence-corrected chi connectivity index (χ0v) is 73.4. The minimum absolute atomic E-state index is 0.0000302. The lowest BCUT2D eigenvalue weighted by atomic mass is 9.93. The van der Waals surface area contributed by atoms with Gasteiger partial charge in [-0.15, -0.1) is 22.7 Å². The van der Waals surface area contributed by atoms with Crippen molar-refractivity contribution in [3.63, 3.8) is 0 Å². The molecule has 0 saturated heterocycles. The second-order valence-corrected chi connectivity index (χ2v) is 32.5. The first-order valence-electron chi connectivity index (χ1n) is 41.9. The number of fused-ring (bicyclic) bond motifs is 5. The third kappa shape index (κ3) is 24.5. The Kier molecular flexibility index (Phi) is 31.3. The number of aromatic hydroxyl groups is 1. The lowest BCUT2D eigenvalue weighted by Crippen LogP contribution is -2.34. The number of benzene rings is 15. The van der Waals surface area contributed by atoms with Crippen molar-refractivity contribution in [3.05, 3.63) is 516 Å². The van der Waals surface area contributed by atoms with Gasteiger partial charge in [0.2, 0.25) is 0 Å². The van der Waals surface area contributed by atoms with E-state index in [0.29, 0.717) is 40.1 Å². The van der Waals surface area contributed by atoms with Crippen molar-refractivity contribution in [2.75, 3.05) is 7.11 Å². The number of hydrogen-bond acceptors (Lipinski definition) is 14. The molecule has 0 fully saturated rings. The number of ether oxygens (including phenoxy) is 1. The summed E-state index contributed by atoms with van der Waals surface area (Å²) in [6.45, 7) is 2.48. The Morgan fingerprint density at radius 1 is 0.469 bits per heavy atom. The zero-order chi connectivity index (χ0) is 90.3. The fourth-order valence-electron chi connectivity index (χ4n) is 14.1. The van der Waals surface area contributed by atoms with Crippen LogP contribution in [-0.2, 0) is 17.8 Å². The van der Waals surface area contributed by atoms with Gasteiger partial charge in [0.05, 0.1) is 43.6 Å². The number of allylic oxidation sites excluding steroid dienone is 3. The first-order valence-corrected chi connectivity index (χ1v) is 43.9. The van der Waals surface area contributed by atoms with Crippen LogP contribution < -0.4 is 15.4 Å². The predicted molar refractivity (Wildman–Crippen MR) is 533 cm³/mol. The van der Waals surface area contributed by atoms with E-state index in [1.54, 1.807) is 145 Å². The Morgan fingerprint density at radius 2 is 0.938 bits per heavy atom. The Hall–Kier alpha value is -16.2. The van der Waals surface area contributed by atoms with E-state index in [-0.39, 0.29) is 52.3 Å². The fourth-order valence-corrected chi connectivity index (χ4v) is 16.4. The van der Waals surface area contributed by atoms with Crippen LogP contribution in [0.15, 0.2) is 424 Å². The smallest absolute Gasteiger partial charge is 0.276 e. The predicted octanol–water partition coefficient (Wildman–Crippen LogP) is 26.4. The minimum atomic E-state index is -0.538. The number of amides is 2. The molecule has 18 rings (SSSR count). The van der Waals surface area contributed by atoms with E-state index in [4.69, 9.17) is 26.9 Å². The van der Waals surface area contributed by atoms with Gasteiger partial charge in [0.1, 0.15) is 27.2 Å². The number of carbonyl (C=O) groups is 5. The van der Waals surface area contributed by atoms with Crippen LogP contribution in [0.25, 0.3) is 78.1 Å². The molecule has 0 aliphatic heterocycles. The highest BCUT2D eigenvalue weighted by Crippen LogP contribution is 2.45. The van der Waals surface area contributed by atoms with Gasteiger partial charge < -0.3 is 20.5 Å². The molecule has 1 aliphatic carbocycles. The number of aryl methyl sites for hydroxylation is 1. The largest absolute Gasteiger partial charge is 0.508 e. The van der Waals surface area contributed by atoms with Gasteiger partial charge in [-0.3, -0.25) is 34.1 Å². The van der Waals surface area contributed by atoms with E-state index < -0.39 is 16.5 Å². The van der Waals surface area contributed by atoms with Gasteiger partial charge in [0.25, 0.3) is 17.5 Å². The number of para-hydroxylation sites is 4. The molecule has 3 N–H and O–H groups in total. The summed E-state index contributed by atoms with van der Waals surface area (Å²) in [7, 11) is 1.69. The van der Waals surface area contributed by atoms with Gasteiger partial charge in [-0.25, -0.2) is 9.97 Å². The summed E-state index contributed by atoms with van der Waals surface area (Å²) in [5, 5.41) is 28.7. The number of nitro groups is 1. The summed E-state index contributed by atoms with van der Waals surface area (Å²) in [6.07, 6.45) is 11.6. The summed E-state index contributed by atoms with van der Waals surface area (Å²) in [5.41, 5.74) is 20.1. The van der Waals surface area contributed by atoms with Crippen molar-refractivity contribution >= 4 is 130 Å². The molecular weight excluding hydrogens is 1670 g/mol. The van der Waals surface area contributed by atoms with Crippen molar-refractivity contribution in [3.8, 4) is 33.8 Å². The highest BCUT2D eigenvalue weighted by atomic mass is 32.1. The topological polar surface area (TPSA) is 208 Å². The monoisotopic (exact) mass is 1750 g/mol. The minimum Gasteiger partial charge on any atom is -0.508 e. The van der Waals surface area contributed by atoms with Crippen molar-refractivity contribution < 1.29 is 38.7 Å². The van der Waals surface area contributed by atoms with Gasteiger partial charge in [-0.1, -0.05) is 364 Å². The Balaban J connectivity index is 0.000000131. The van der Waals surface area contributed by atoms with E-state index >= 15 is 0 Å². The summed E-state index contributed by atoms with van der Waals surface area (Å²) >= 11 is 8.78. The number of thiocarbonyl (C=S) groups is 1. The molecule has 0 radical (unpaired) electrons. The van der Waals surface area contributed by atoms with Crippen LogP contribution in [-0.4, -0.2) is 61.1 Å². The van der Waals surface area contributed by atoms with Crippen LogP contribution in [0.4, 0.5) is 5.69 Å². The summed E-state index contributed by atoms with van der Waals surface area (Å²) < 4.78 is 7.63. The number of methoxy groups -OCH3 is 1. The Bertz CT molecular complexity index is 6760. The van der Waals surface area contributed by atoms with Crippen LogP contribution >= 0.6 is 34.9 Å². The van der Waals surface area contributed by atoms with E-state index in [1.807, 2.05) is 164 Å². The number of phenolic OH excluding ortho intramolecular Hbond substituents is 1. The number of Topliss-reactive ketones (excluding diaryl/α,β-unsaturated/α-hetero) is 3. The number of ketones is 3. The summed E-state index contributed by atoms with van der Waals surface area (Å²) in [4.78, 5) is 84.8. The average molecular weight is 1760 g/mol. The molecule has 0 bridgehead atoms. The molecule has 636 valence electrons. The second kappa shape index (κ2) is 45.1. The molecule has 15 aromatic carbocycles. The van der Waals surface area contributed by atoms with Crippen molar-refractivity contribution in [2.45, 2.75) is 26.3 Å². The number of aromatic nitrogens is 2. The number of rotatable bonds is 24. The number of thiazole rings is 2. The fraction of sp³-hybridized carbons (Fsp3) is 0.0442. The molecule has 17 heteroatoms. The van der Waals surface area contributed by atoms with Crippen molar-refractivity contribution in [2.24, 2.45) is 0 Å². The average Bonchev–Trinajstić information content (AvgIpc) is 1.60. The SMILES string of the molecule is COc1ccc(C=C2c3ccccc3-c3ccccc32)cc1.Cc1ccc(C=C(c2nc3ccccc3s2)c2nc3ccccc3s2)cc1.O=C(C(=Cc1ccccc1[N+](=O)[O-])C(=O)c1ccccc1)c1ccccc1.O=C(CC(=S)Cc1ccccc1O)c1ccc(-c2ccccc2)cc1.O=C(NCc1ccccc1)/C(=C/C=C\c1ccccc1)NC(=O)c1ccccc1. The Labute approximate surface area is 767 Å². The van der Waals surface area contributed by atoms with Gasteiger partial charge in [-0.2, -0.15) is 0 Å². The van der Waals surface area contributed by atoms with Gasteiger partial charge in [0, 0.05) is 58.1 Å². The van der Waals surface area contributed by atoms with Crippen LogP contribution in [0.2, 0.25) is 0 Å². The van der Waals surface area contributed by atoms with Gasteiger partial charge in [0.15, 0.2) is 17.3 Å². The van der Waals surface area contributed by atoms with E-state index in [0.717, 1.165) is 65.8 Å². The lowest BCUT2D eigenvalue weighted by Gasteiger charge is -2.10. The third-order valence-corrected chi connectivity index (χ3v) is 23.2. The molecule has 2 heterocycles. The van der Waals surface area contributed by atoms with Crippen molar-refractivity contribution in [1.82, 2.24) is 20.6 Å². The van der Waals surface area contributed by atoms with E-state index in [9.17, 15) is 39.2 Å². The normalized spacial score (nSPS) is 10.9. The lowest BCUT2D eigenvalue weighted by molar-refractivity contribution is -0.385. The summed E-state index contributed by atoms with van der Waals surface area (Å²) in [6, 6.07) is 126. The first kappa shape index (κ1) is 90.1. The number of carbonyl (C=O) groups excluding carboxylic acids is 5. The quantitative estimate of drug-likeness (QED) is 0.00755. The maximum absolute atomic E-state index is 13.0. The summed E-state index contributed by atoms with van der Waals surface area (Å²) in [5.74, 6) is -0.556. The zero-order valence-electron chi connectivity index (χ0n) is 71.0. The van der Waals surface area contributed by atoms with E-state index in [2.05, 4.69) is 151 Å². The molecular formula is C113H87N5O9S3. The number of hydrogen-bond donors (Lipinski definition) is 3. The van der Waals surface area contributed by atoms with Crippen molar-refractivity contribution in [1.29, 1.82) is 0 Å². The molecule has 2 amide bonds. The number of phenols is 1. The number of nitrogens with zero attached hydrogens (tertiary/aromatic N) is 3. The molecule has 0 spiro atoms. The van der Waals surface area contributed by atoms with Crippen LogP contribution in [0, 0.1) is 17.0 Å². The molecule has 130 heavy (non-hydrogen) atoms. The second-order valence-electron chi connectivity index (χ2n) is 29.9. The highest BCUT2D eigenvalue weighted by molar-refractivity contribution is 7.80. The molecule has 1 aliphatic rings. The van der Waals surface area contributed by atoms with Crippen LogP contribution in [0.1, 0.15) is 108 Å². The van der Waals surface area contributed by atoms with Gasteiger partial charge >= 0.3 is 0 Å². The molecule has 17 aromatic rings. The molecule has 2 aromatic heterocycles.